The lowest BCUT2D eigenvalue weighted by atomic mass is 9.64. The predicted octanol–water partition coefficient (Wildman–Crippen LogP) is 3.71. The van der Waals surface area contributed by atoms with Gasteiger partial charge in [0.2, 0.25) is 0 Å². The Kier molecular flexibility index (Phi) is 2.82. The zero-order chi connectivity index (χ0) is 13.4. The van der Waals surface area contributed by atoms with E-state index in [1.54, 1.807) is 0 Å². The van der Waals surface area contributed by atoms with Gasteiger partial charge in [0, 0.05) is 14.8 Å². The molecule has 0 atom stereocenters. The van der Waals surface area contributed by atoms with Gasteiger partial charge in [-0.2, -0.15) is 0 Å². The van der Waals surface area contributed by atoms with Crippen molar-refractivity contribution < 1.29 is 0 Å². The number of benzene rings is 3. The number of fused-ring (bicyclic) bond motifs is 3. The van der Waals surface area contributed by atoms with Crippen LogP contribution in [0.1, 0.15) is 0 Å². The van der Waals surface area contributed by atoms with Crippen molar-refractivity contribution in [3.8, 4) is 0 Å². The number of thiophene rings is 1. The van der Waals surface area contributed by atoms with Gasteiger partial charge in [0.1, 0.15) is 0 Å². The molecule has 0 amide bonds. The van der Waals surface area contributed by atoms with Crippen LogP contribution in [0.15, 0.2) is 72.8 Å². The summed E-state index contributed by atoms with van der Waals surface area (Å²) in [5.41, 5.74) is 2.50. The molecule has 0 N–H and O–H groups in total. The summed E-state index contributed by atoms with van der Waals surface area (Å²) in [5.74, 6) is 0. The fourth-order valence-electron chi connectivity index (χ4n) is 2.58. The lowest BCUT2D eigenvalue weighted by molar-refractivity contribution is 1.77. The second-order valence-corrected chi connectivity index (χ2v) is 5.99. The summed E-state index contributed by atoms with van der Waals surface area (Å²) in [5, 5.41) is 2.71. The van der Waals surface area contributed by atoms with Crippen molar-refractivity contribution in [1.29, 1.82) is 0 Å². The van der Waals surface area contributed by atoms with E-state index in [4.69, 9.17) is 0 Å². The van der Waals surface area contributed by atoms with E-state index in [1.807, 2.05) is 17.4 Å². The van der Waals surface area contributed by atoms with E-state index in [9.17, 15) is 0 Å². The van der Waals surface area contributed by atoms with Crippen LogP contribution in [0.3, 0.4) is 0 Å². The molecule has 0 saturated carbocycles. The van der Waals surface area contributed by atoms with Gasteiger partial charge in [-0.1, -0.05) is 71.6 Å². The van der Waals surface area contributed by atoms with E-state index in [0.717, 1.165) is 0 Å². The van der Waals surface area contributed by atoms with Crippen LogP contribution in [0.5, 0.6) is 0 Å². The van der Waals surface area contributed by atoms with Crippen molar-refractivity contribution in [2.45, 2.75) is 0 Å². The molecule has 0 saturated heterocycles. The molecule has 4 aromatic rings. The fourth-order valence-corrected chi connectivity index (χ4v) is 3.66. The summed E-state index contributed by atoms with van der Waals surface area (Å²) in [6, 6.07) is 25.8. The van der Waals surface area contributed by atoms with Gasteiger partial charge in [-0.15, -0.1) is 11.3 Å². The monoisotopic (exact) mass is 271 g/mol. The van der Waals surface area contributed by atoms with Crippen LogP contribution in [0.25, 0.3) is 20.2 Å². The zero-order valence-electron chi connectivity index (χ0n) is 10.9. The Labute approximate surface area is 122 Å². The molecule has 93 valence electrons. The second-order valence-electron chi connectivity index (χ2n) is 4.91. The van der Waals surface area contributed by atoms with E-state index in [2.05, 4.69) is 74.0 Å². The molecule has 0 fully saturated rings. The van der Waals surface area contributed by atoms with Crippen molar-refractivity contribution in [1.82, 2.24) is 0 Å². The van der Waals surface area contributed by atoms with Crippen LogP contribution in [-0.4, -0.2) is 7.28 Å². The Morgan fingerprint density at radius 1 is 0.600 bits per heavy atom. The van der Waals surface area contributed by atoms with Crippen LogP contribution in [0.2, 0.25) is 0 Å². The Morgan fingerprint density at radius 3 is 2.25 bits per heavy atom. The lowest BCUT2D eigenvalue weighted by Gasteiger charge is -2.01. The van der Waals surface area contributed by atoms with Crippen LogP contribution in [-0.2, 0) is 0 Å². The molecular formula is C18H12BS. The Bertz CT molecular complexity index is 878. The van der Waals surface area contributed by atoms with E-state index in [0.29, 0.717) is 0 Å². The molecule has 1 aromatic heterocycles. The molecule has 0 aliphatic carbocycles. The van der Waals surface area contributed by atoms with Crippen molar-refractivity contribution in [2.75, 3.05) is 0 Å². The van der Waals surface area contributed by atoms with E-state index in [1.165, 1.54) is 31.1 Å². The minimum Gasteiger partial charge on any atom is -0.135 e. The molecule has 0 aliphatic heterocycles. The minimum absolute atomic E-state index is 1.24. The summed E-state index contributed by atoms with van der Waals surface area (Å²) in [6.07, 6.45) is 0. The maximum Gasteiger partial charge on any atom is 0.191 e. The summed E-state index contributed by atoms with van der Waals surface area (Å²) in [7, 11) is 2.23. The number of hydrogen-bond donors (Lipinski definition) is 0. The largest absolute Gasteiger partial charge is 0.191 e. The highest BCUT2D eigenvalue weighted by atomic mass is 32.1. The smallest absolute Gasteiger partial charge is 0.135 e. The van der Waals surface area contributed by atoms with Gasteiger partial charge in [0.25, 0.3) is 0 Å². The first-order chi connectivity index (χ1) is 9.90. The summed E-state index contributed by atoms with van der Waals surface area (Å²) in [6.45, 7) is 0. The first kappa shape index (κ1) is 11.7. The third-order valence-electron chi connectivity index (χ3n) is 3.53. The lowest BCUT2D eigenvalue weighted by Crippen LogP contribution is -2.26. The van der Waals surface area contributed by atoms with Gasteiger partial charge in [-0.05, 0) is 17.5 Å². The van der Waals surface area contributed by atoms with Crippen LogP contribution >= 0.6 is 11.3 Å². The standard InChI is InChI=1S/C18H12BS/c1-2-6-13(7-3-1)19-14-10-11-18-16(12-14)15-8-4-5-9-17(15)20-18/h1-12H. The van der Waals surface area contributed by atoms with Crippen molar-refractivity contribution in [3.63, 3.8) is 0 Å². The highest BCUT2D eigenvalue weighted by molar-refractivity contribution is 7.25. The molecule has 1 heterocycles. The molecular weight excluding hydrogens is 259 g/mol. The average Bonchev–Trinajstić information content (AvgIpc) is 2.86. The Balaban J connectivity index is 1.83. The first-order valence-electron chi connectivity index (χ1n) is 6.71. The van der Waals surface area contributed by atoms with E-state index in [-0.39, 0.29) is 0 Å². The van der Waals surface area contributed by atoms with Crippen LogP contribution in [0, 0.1) is 0 Å². The molecule has 0 bridgehead atoms. The molecule has 0 spiro atoms. The zero-order valence-corrected chi connectivity index (χ0v) is 11.7. The first-order valence-corrected chi connectivity index (χ1v) is 7.53. The molecule has 20 heavy (non-hydrogen) atoms. The third kappa shape index (κ3) is 2.02. The van der Waals surface area contributed by atoms with Gasteiger partial charge in [0.15, 0.2) is 7.28 Å². The number of rotatable bonds is 2. The Morgan fingerprint density at radius 2 is 1.35 bits per heavy atom. The predicted molar refractivity (Wildman–Crippen MR) is 90.8 cm³/mol. The highest BCUT2D eigenvalue weighted by Gasteiger charge is 2.06. The maximum atomic E-state index is 2.29. The maximum absolute atomic E-state index is 2.29. The minimum atomic E-state index is 1.24. The molecule has 3 aromatic carbocycles. The van der Waals surface area contributed by atoms with Gasteiger partial charge in [0.05, 0.1) is 0 Å². The molecule has 1 radical (unpaired) electrons. The highest BCUT2D eigenvalue weighted by Crippen LogP contribution is 2.32. The average molecular weight is 271 g/mol. The summed E-state index contributed by atoms with van der Waals surface area (Å²) < 4.78 is 2.72. The van der Waals surface area contributed by atoms with Crippen molar-refractivity contribution in [3.05, 3.63) is 72.8 Å². The van der Waals surface area contributed by atoms with E-state index < -0.39 is 0 Å². The molecule has 0 nitrogen and oxygen atoms in total. The van der Waals surface area contributed by atoms with Gasteiger partial charge < -0.3 is 0 Å². The summed E-state index contributed by atoms with van der Waals surface area (Å²) in [4.78, 5) is 0. The third-order valence-corrected chi connectivity index (χ3v) is 4.69. The fraction of sp³-hybridized carbons (Fsp3) is 0. The molecule has 0 aliphatic rings. The molecule has 2 heteroatoms. The summed E-state index contributed by atoms with van der Waals surface area (Å²) >= 11 is 1.86. The number of hydrogen-bond acceptors (Lipinski definition) is 1. The molecule has 0 unspecified atom stereocenters. The van der Waals surface area contributed by atoms with Gasteiger partial charge in [-0.25, -0.2) is 0 Å². The Hall–Kier alpha value is -2.06. The van der Waals surface area contributed by atoms with Crippen LogP contribution in [0.4, 0.5) is 0 Å². The topological polar surface area (TPSA) is 0 Å². The SMILES string of the molecule is [B](c1ccccc1)c1ccc2sc3ccccc3c2c1. The quantitative estimate of drug-likeness (QED) is 0.487. The molecule has 4 rings (SSSR count). The van der Waals surface area contributed by atoms with Gasteiger partial charge in [-0.3, -0.25) is 0 Å². The second kappa shape index (κ2) is 4.80. The van der Waals surface area contributed by atoms with Crippen molar-refractivity contribution >= 4 is 49.7 Å². The van der Waals surface area contributed by atoms with Gasteiger partial charge >= 0.3 is 0 Å². The van der Waals surface area contributed by atoms with Crippen LogP contribution < -0.4 is 10.9 Å². The van der Waals surface area contributed by atoms with Crippen molar-refractivity contribution in [2.24, 2.45) is 0 Å². The van der Waals surface area contributed by atoms with E-state index >= 15 is 0 Å². The normalized spacial score (nSPS) is 11.0.